The lowest BCUT2D eigenvalue weighted by Gasteiger charge is -2.19. The quantitative estimate of drug-likeness (QED) is 0.481. The maximum atomic E-state index is 12.5. The Morgan fingerprint density at radius 3 is 2.33 bits per heavy atom. The average molecular weight is 391 g/mol. The highest BCUT2D eigenvalue weighted by molar-refractivity contribution is 9.10. The fourth-order valence-corrected chi connectivity index (χ4v) is 2.55. The third-order valence-corrected chi connectivity index (χ3v) is 4.05. The van der Waals surface area contributed by atoms with E-state index in [-0.39, 0.29) is 5.41 Å². The van der Waals surface area contributed by atoms with Gasteiger partial charge in [-0.15, -0.1) is 0 Å². The smallest absolute Gasteiger partial charge is 0.347 e. The summed E-state index contributed by atoms with van der Waals surface area (Å²) >= 11 is 3.39. The van der Waals surface area contributed by atoms with Crippen molar-refractivity contribution in [2.75, 3.05) is 6.61 Å². The molecule has 0 atom stereocenters. The molecular weight excluding hydrogens is 368 g/mol. The van der Waals surface area contributed by atoms with Crippen molar-refractivity contribution >= 4 is 21.9 Å². The predicted molar refractivity (Wildman–Crippen MR) is 100 cm³/mol. The molecule has 0 aliphatic heterocycles. The molecule has 0 aliphatic rings. The fraction of sp³-hybridized carbons (Fsp3) is 0.350. The van der Waals surface area contributed by atoms with E-state index in [2.05, 4.69) is 36.7 Å². The minimum Gasteiger partial charge on any atom is -0.493 e. The number of benzene rings is 2. The Morgan fingerprint density at radius 1 is 1.08 bits per heavy atom. The van der Waals surface area contributed by atoms with E-state index in [4.69, 9.17) is 9.47 Å². The second-order valence-corrected chi connectivity index (χ2v) is 7.57. The van der Waals surface area contributed by atoms with Crippen LogP contribution in [0.15, 0.2) is 46.9 Å². The summed E-state index contributed by atoms with van der Waals surface area (Å²) in [6.45, 7) is 9.02. The van der Waals surface area contributed by atoms with Gasteiger partial charge in [-0.1, -0.05) is 55.8 Å². The van der Waals surface area contributed by atoms with Crippen LogP contribution in [0.2, 0.25) is 0 Å². The van der Waals surface area contributed by atoms with Crippen LogP contribution in [0, 0.1) is 0 Å². The van der Waals surface area contributed by atoms with Crippen LogP contribution in [-0.2, 0) is 5.41 Å². The summed E-state index contributed by atoms with van der Waals surface area (Å²) in [7, 11) is 0. The van der Waals surface area contributed by atoms with Crippen LogP contribution in [0.1, 0.15) is 50.0 Å². The zero-order valence-corrected chi connectivity index (χ0v) is 16.1. The molecule has 24 heavy (non-hydrogen) atoms. The summed E-state index contributed by atoms with van der Waals surface area (Å²) in [5.41, 5.74) is 1.67. The molecule has 2 rings (SSSR count). The highest BCUT2D eigenvalue weighted by atomic mass is 79.9. The van der Waals surface area contributed by atoms with Gasteiger partial charge in [0.25, 0.3) is 0 Å². The van der Waals surface area contributed by atoms with E-state index in [0.717, 1.165) is 10.9 Å². The van der Waals surface area contributed by atoms with E-state index in [1.54, 1.807) is 12.1 Å². The molecule has 0 N–H and O–H groups in total. The van der Waals surface area contributed by atoms with Crippen molar-refractivity contribution in [3.63, 3.8) is 0 Å². The first-order chi connectivity index (χ1) is 11.3. The Morgan fingerprint density at radius 2 is 1.75 bits per heavy atom. The molecule has 0 amide bonds. The van der Waals surface area contributed by atoms with Gasteiger partial charge < -0.3 is 9.47 Å². The molecule has 4 heteroatoms. The minimum absolute atomic E-state index is 0.0635. The van der Waals surface area contributed by atoms with Gasteiger partial charge in [0.1, 0.15) is 17.1 Å². The summed E-state index contributed by atoms with van der Waals surface area (Å²) in [4.78, 5) is 12.5. The van der Waals surface area contributed by atoms with Crippen LogP contribution in [0.4, 0.5) is 0 Å². The predicted octanol–water partition coefficient (Wildman–Crippen LogP) is 5.75. The van der Waals surface area contributed by atoms with E-state index in [9.17, 15) is 4.79 Å². The van der Waals surface area contributed by atoms with Gasteiger partial charge in [0.2, 0.25) is 0 Å². The molecule has 3 nitrogen and oxygen atoms in total. The normalized spacial score (nSPS) is 11.2. The molecule has 128 valence electrons. The lowest BCUT2D eigenvalue weighted by atomic mass is 9.87. The maximum absolute atomic E-state index is 12.5. The number of ether oxygens (including phenoxy) is 2. The van der Waals surface area contributed by atoms with Crippen molar-refractivity contribution in [2.45, 2.75) is 39.5 Å². The molecule has 0 unspecified atom stereocenters. The summed E-state index contributed by atoms with van der Waals surface area (Å²) in [6, 6.07) is 13.0. The van der Waals surface area contributed by atoms with Gasteiger partial charge in [-0.05, 0) is 47.7 Å². The highest BCUT2D eigenvalue weighted by Gasteiger charge is 2.17. The molecule has 0 fully saturated rings. The third-order valence-electron chi connectivity index (χ3n) is 3.55. The third kappa shape index (κ3) is 4.84. The number of esters is 1. The second kappa shape index (κ2) is 7.84. The first kappa shape index (κ1) is 18.5. The molecule has 0 saturated heterocycles. The van der Waals surface area contributed by atoms with Gasteiger partial charge in [0, 0.05) is 4.47 Å². The van der Waals surface area contributed by atoms with Gasteiger partial charge in [0.05, 0.1) is 6.61 Å². The van der Waals surface area contributed by atoms with Crippen molar-refractivity contribution in [2.24, 2.45) is 0 Å². The molecule has 0 heterocycles. The summed E-state index contributed by atoms with van der Waals surface area (Å²) < 4.78 is 12.0. The zero-order chi connectivity index (χ0) is 17.7. The number of hydrogen-bond donors (Lipinski definition) is 0. The van der Waals surface area contributed by atoms with Gasteiger partial charge in [0.15, 0.2) is 0 Å². The van der Waals surface area contributed by atoms with Crippen LogP contribution < -0.4 is 9.47 Å². The number of carbonyl (C=O) groups excluding carboxylic acids is 1. The van der Waals surface area contributed by atoms with Gasteiger partial charge in [-0.3, -0.25) is 0 Å². The molecule has 0 bridgehead atoms. The molecule has 0 aliphatic carbocycles. The molecule has 0 spiro atoms. The Balaban J connectivity index is 2.19. The van der Waals surface area contributed by atoms with Crippen molar-refractivity contribution in [3.05, 3.63) is 58.1 Å². The SMILES string of the molecule is CCCOc1ccc(Br)cc1C(=O)Oc1ccc(C(C)(C)C)cc1. The number of hydrogen-bond acceptors (Lipinski definition) is 3. The molecular formula is C20H23BrO3. The topological polar surface area (TPSA) is 35.5 Å². The molecule has 0 aromatic heterocycles. The summed E-state index contributed by atoms with van der Waals surface area (Å²) in [6.07, 6.45) is 0.874. The lowest BCUT2D eigenvalue weighted by molar-refractivity contribution is 0.0730. The van der Waals surface area contributed by atoms with Crippen LogP contribution in [-0.4, -0.2) is 12.6 Å². The van der Waals surface area contributed by atoms with Gasteiger partial charge in [-0.25, -0.2) is 4.79 Å². The average Bonchev–Trinajstić information content (AvgIpc) is 2.53. The molecule has 2 aromatic carbocycles. The number of rotatable bonds is 5. The number of carbonyl (C=O) groups is 1. The van der Waals surface area contributed by atoms with E-state index >= 15 is 0 Å². The minimum atomic E-state index is -0.425. The van der Waals surface area contributed by atoms with Crippen molar-refractivity contribution in [1.29, 1.82) is 0 Å². The summed E-state index contributed by atoms with van der Waals surface area (Å²) in [5.74, 6) is 0.636. The highest BCUT2D eigenvalue weighted by Crippen LogP contribution is 2.27. The molecule has 0 saturated carbocycles. The lowest BCUT2D eigenvalue weighted by Crippen LogP contribution is -2.13. The Hall–Kier alpha value is -1.81. The Bertz CT molecular complexity index is 700. The van der Waals surface area contributed by atoms with E-state index in [1.807, 2.05) is 37.3 Å². The molecule has 0 radical (unpaired) electrons. The summed E-state index contributed by atoms with van der Waals surface area (Å²) in [5, 5.41) is 0. The Kier molecular flexibility index (Phi) is 6.05. The van der Waals surface area contributed by atoms with E-state index in [1.165, 1.54) is 5.56 Å². The number of halogens is 1. The van der Waals surface area contributed by atoms with Crippen molar-refractivity contribution in [1.82, 2.24) is 0 Å². The van der Waals surface area contributed by atoms with Crippen LogP contribution >= 0.6 is 15.9 Å². The maximum Gasteiger partial charge on any atom is 0.347 e. The largest absolute Gasteiger partial charge is 0.493 e. The van der Waals surface area contributed by atoms with E-state index < -0.39 is 5.97 Å². The molecule has 2 aromatic rings. The van der Waals surface area contributed by atoms with E-state index in [0.29, 0.717) is 23.7 Å². The monoisotopic (exact) mass is 390 g/mol. The van der Waals surface area contributed by atoms with Crippen molar-refractivity contribution < 1.29 is 14.3 Å². The van der Waals surface area contributed by atoms with Crippen LogP contribution in [0.25, 0.3) is 0 Å². The fourth-order valence-electron chi connectivity index (χ4n) is 2.18. The Labute approximate surface area is 152 Å². The van der Waals surface area contributed by atoms with Crippen LogP contribution in [0.3, 0.4) is 0 Å². The standard InChI is InChI=1S/C20H23BrO3/c1-5-12-23-18-11-8-15(21)13-17(18)19(22)24-16-9-6-14(7-10-16)20(2,3)4/h6-11,13H,5,12H2,1-4H3. The first-order valence-electron chi connectivity index (χ1n) is 8.06. The van der Waals surface area contributed by atoms with Gasteiger partial charge in [-0.2, -0.15) is 0 Å². The first-order valence-corrected chi connectivity index (χ1v) is 8.85. The van der Waals surface area contributed by atoms with Crippen LogP contribution in [0.5, 0.6) is 11.5 Å². The zero-order valence-electron chi connectivity index (χ0n) is 14.6. The second-order valence-electron chi connectivity index (χ2n) is 6.65. The van der Waals surface area contributed by atoms with Crippen molar-refractivity contribution in [3.8, 4) is 11.5 Å². The van der Waals surface area contributed by atoms with Gasteiger partial charge >= 0.3 is 5.97 Å².